The lowest BCUT2D eigenvalue weighted by molar-refractivity contribution is -0.210. The Hall–Kier alpha value is -2.93. The molecule has 5 rings (SSSR count). The zero-order valence-corrected chi connectivity index (χ0v) is 18.0. The molecule has 1 spiro atoms. The van der Waals surface area contributed by atoms with E-state index >= 15 is 0 Å². The highest BCUT2D eigenvalue weighted by atomic mass is 16.7. The first-order valence-corrected chi connectivity index (χ1v) is 11.2. The van der Waals surface area contributed by atoms with Crippen LogP contribution in [0.2, 0.25) is 0 Å². The number of carbonyl (C=O) groups is 1. The Morgan fingerprint density at radius 1 is 0.969 bits per heavy atom. The zero-order chi connectivity index (χ0) is 21.8. The summed E-state index contributed by atoms with van der Waals surface area (Å²) in [6, 6.07) is 24.0. The molecule has 2 N–H and O–H groups in total. The third-order valence-electron chi connectivity index (χ3n) is 6.20. The first-order chi connectivity index (χ1) is 15.7. The Labute approximate surface area is 187 Å². The molecule has 2 amide bonds. The van der Waals surface area contributed by atoms with Gasteiger partial charge in [0.15, 0.2) is 5.79 Å². The van der Waals surface area contributed by atoms with E-state index in [4.69, 9.17) is 14.2 Å². The van der Waals surface area contributed by atoms with Crippen LogP contribution >= 0.6 is 0 Å². The predicted octanol–water partition coefficient (Wildman–Crippen LogP) is 4.15. The molecular formula is C26H28N2O4. The van der Waals surface area contributed by atoms with E-state index in [1.807, 2.05) is 48.5 Å². The minimum Gasteiger partial charge on any atom is -0.381 e. The maximum atomic E-state index is 12.9. The maximum Gasteiger partial charge on any atom is 0.315 e. The zero-order valence-electron chi connectivity index (χ0n) is 18.0. The molecule has 6 nitrogen and oxygen atoms in total. The van der Waals surface area contributed by atoms with Gasteiger partial charge in [-0.2, -0.15) is 0 Å². The van der Waals surface area contributed by atoms with E-state index in [0.717, 1.165) is 34.7 Å². The molecule has 2 saturated heterocycles. The van der Waals surface area contributed by atoms with Crippen LogP contribution < -0.4 is 10.6 Å². The number of urea groups is 1. The Bertz CT molecular complexity index is 1060. The second kappa shape index (κ2) is 9.28. The van der Waals surface area contributed by atoms with E-state index in [1.165, 1.54) is 0 Å². The van der Waals surface area contributed by atoms with Crippen LogP contribution in [-0.4, -0.2) is 44.3 Å². The highest BCUT2D eigenvalue weighted by Crippen LogP contribution is 2.33. The van der Waals surface area contributed by atoms with Gasteiger partial charge < -0.3 is 24.8 Å². The Morgan fingerprint density at radius 2 is 1.72 bits per heavy atom. The van der Waals surface area contributed by atoms with Gasteiger partial charge in [0, 0.05) is 19.4 Å². The summed E-state index contributed by atoms with van der Waals surface area (Å²) < 4.78 is 17.5. The van der Waals surface area contributed by atoms with Gasteiger partial charge in [0.25, 0.3) is 0 Å². The summed E-state index contributed by atoms with van der Waals surface area (Å²) in [5, 5.41) is 8.42. The van der Waals surface area contributed by atoms with Crippen molar-refractivity contribution in [1.29, 1.82) is 0 Å². The fourth-order valence-electron chi connectivity index (χ4n) is 4.54. The number of rotatable bonds is 5. The number of hydrogen-bond donors (Lipinski definition) is 2. The average Bonchev–Trinajstić information content (AvgIpc) is 3.24. The van der Waals surface area contributed by atoms with Crippen LogP contribution in [0.1, 0.15) is 30.0 Å². The number of carbonyl (C=O) groups excluding carboxylic acids is 1. The van der Waals surface area contributed by atoms with E-state index in [-0.39, 0.29) is 18.2 Å². The molecule has 3 aromatic carbocycles. The maximum absolute atomic E-state index is 12.9. The molecule has 3 aromatic rings. The quantitative estimate of drug-likeness (QED) is 0.636. The van der Waals surface area contributed by atoms with E-state index in [9.17, 15) is 4.79 Å². The van der Waals surface area contributed by atoms with Gasteiger partial charge in [0.1, 0.15) is 6.10 Å². The van der Waals surface area contributed by atoms with Crippen LogP contribution in [0.15, 0.2) is 72.8 Å². The number of fused-ring (bicyclic) bond motifs is 1. The molecule has 0 radical (unpaired) electrons. The van der Waals surface area contributed by atoms with Gasteiger partial charge in [0.2, 0.25) is 0 Å². The Balaban J connectivity index is 1.30. The molecule has 2 atom stereocenters. The second-order valence-corrected chi connectivity index (χ2v) is 8.34. The predicted molar refractivity (Wildman–Crippen MR) is 122 cm³/mol. The van der Waals surface area contributed by atoms with Crippen molar-refractivity contribution in [3.05, 3.63) is 83.9 Å². The first kappa shape index (κ1) is 20.9. The molecule has 32 heavy (non-hydrogen) atoms. The fraction of sp³-hybridized carbons (Fsp3) is 0.346. The molecule has 2 aliphatic rings. The number of amides is 2. The molecular weight excluding hydrogens is 404 g/mol. The van der Waals surface area contributed by atoms with E-state index in [2.05, 4.69) is 34.9 Å². The van der Waals surface area contributed by atoms with Crippen molar-refractivity contribution in [2.45, 2.75) is 30.8 Å². The molecule has 2 aliphatic heterocycles. The molecule has 0 bridgehead atoms. The van der Waals surface area contributed by atoms with Crippen molar-refractivity contribution in [2.24, 2.45) is 0 Å². The molecule has 0 aromatic heterocycles. The third-order valence-corrected chi connectivity index (χ3v) is 6.20. The fourth-order valence-corrected chi connectivity index (χ4v) is 4.54. The second-order valence-electron chi connectivity index (χ2n) is 8.34. The van der Waals surface area contributed by atoms with Crippen LogP contribution in [0.3, 0.4) is 0 Å². The Kier molecular flexibility index (Phi) is 6.08. The molecule has 2 fully saturated rings. The summed E-state index contributed by atoms with van der Waals surface area (Å²) in [6.07, 6.45) is 1.30. The lowest BCUT2D eigenvalue weighted by Gasteiger charge is -2.31. The molecule has 166 valence electrons. The van der Waals surface area contributed by atoms with Gasteiger partial charge in [-0.3, -0.25) is 0 Å². The van der Waals surface area contributed by atoms with E-state index < -0.39 is 5.79 Å². The molecule has 6 heteroatoms. The summed E-state index contributed by atoms with van der Waals surface area (Å²) in [4.78, 5) is 12.9. The van der Waals surface area contributed by atoms with Gasteiger partial charge >= 0.3 is 6.03 Å². The van der Waals surface area contributed by atoms with E-state index in [0.29, 0.717) is 26.4 Å². The lowest BCUT2D eigenvalue weighted by atomic mass is 9.94. The van der Waals surface area contributed by atoms with Crippen molar-refractivity contribution in [3.63, 3.8) is 0 Å². The largest absolute Gasteiger partial charge is 0.381 e. The van der Waals surface area contributed by atoms with Crippen molar-refractivity contribution < 1.29 is 19.0 Å². The molecule has 0 saturated carbocycles. The third kappa shape index (κ3) is 4.48. The van der Waals surface area contributed by atoms with Crippen LogP contribution in [0.4, 0.5) is 4.79 Å². The Morgan fingerprint density at radius 3 is 2.56 bits per heavy atom. The van der Waals surface area contributed by atoms with Crippen LogP contribution in [-0.2, 0) is 14.2 Å². The standard InChI is InChI=1S/C26H28N2O4/c29-25(27-17-21-18-31-26(32-21)13-15-30-16-14-26)28-24(20-8-2-1-3-9-20)23-12-6-10-19-7-4-5-11-22(19)23/h1-12,21,24H,13-18H2,(H2,27,28,29). The lowest BCUT2D eigenvalue weighted by Crippen LogP contribution is -2.43. The summed E-state index contributed by atoms with van der Waals surface area (Å²) in [5.74, 6) is -0.545. The van der Waals surface area contributed by atoms with Gasteiger partial charge in [-0.15, -0.1) is 0 Å². The van der Waals surface area contributed by atoms with Crippen LogP contribution in [0, 0.1) is 0 Å². The van der Waals surface area contributed by atoms with Gasteiger partial charge in [-0.1, -0.05) is 72.8 Å². The number of nitrogens with one attached hydrogen (secondary N) is 2. The van der Waals surface area contributed by atoms with Gasteiger partial charge in [0.05, 0.1) is 25.9 Å². The summed E-state index contributed by atoms with van der Waals surface area (Å²) in [6.45, 7) is 2.16. The number of hydrogen-bond acceptors (Lipinski definition) is 4. The summed E-state index contributed by atoms with van der Waals surface area (Å²) in [5.41, 5.74) is 2.09. The summed E-state index contributed by atoms with van der Waals surface area (Å²) >= 11 is 0. The SMILES string of the molecule is O=C(NCC1COC2(CCOCC2)O1)NC(c1ccccc1)c1cccc2ccccc12. The highest BCUT2D eigenvalue weighted by molar-refractivity contribution is 5.87. The number of ether oxygens (including phenoxy) is 3. The summed E-state index contributed by atoms with van der Waals surface area (Å²) in [7, 11) is 0. The van der Waals surface area contributed by atoms with Gasteiger partial charge in [-0.05, 0) is 21.9 Å². The van der Waals surface area contributed by atoms with Crippen molar-refractivity contribution in [2.75, 3.05) is 26.4 Å². The van der Waals surface area contributed by atoms with Gasteiger partial charge in [-0.25, -0.2) is 4.79 Å². The van der Waals surface area contributed by atoms with Crippen molar-refractivity contribution in [3.8, 4) is 0 Å². The van der Waals surface area contributed by atoms with Crippen LogP contribution in [0.25, 0.3) is 10.8 Å². The number of benzene rings is 3. The smallest absolute Gasteiger partial charge is 0.315 e. The van der Waals surface area contributed by atoms with Crippen molar-refractivity contribution in [1.82, 2.24) is 10.6 Å². The first-order valence-electron chi connectivity index (χ1n) is 11.2. The highest BCUT2D eigenvalue weighted by Gasteiger charge is 2.42. The minimum absolute atomic E-state index is 0.161. The van der Waals surface area contributed by atoms with Crippen molar-refractivity contribution >= 4 is 16.8 Å². The normalized spacial score (nSPS) is 20.8. The average molecular weight is 433 g/mol. The monoisotopic (exact) mass is 432 g/mol. The topological polar surface area (TPSA) is 68.8 Å². The minimum atomic E-state index is -0.545. The molecule has 0 aliphatic carbocycles. The molecule has 2 heterocycles. The molecule has 2 unspecified atom stereocenters. The van der Waals surface area contributed by atoms with E-state index in [1.54, 1.807) is 0 Å². The van der Waals surface area contributed by atoms with Crippen LogP contribution in [0.5, 0.6) is 0 Å².